The Morgan fingerprint density at radius 1 is 1.24 bits per heavy atom. The van der Waals surface area contributed by atoms with Gasteiger partial charge in [0.05, 0.1) is 6.26 Å². The second-order valence-corrected chi connectivity index (χ2v) is 7.83. The van der Waals surface area contributed by atoms with Crippen molar-refractivity contribution < 1.29 is 9.21 Å². The molecule has 7 nitrogen and oxygen atoms in total. The molecule has 2 atom stereocenters. The Balaban J connectivity index is 1.49. The van der Waals surface area contributed by atoms with Gasteiger partial charge in [0.25, 0.3) is 5.91 Å². The molecule has 29 heavy (non-hydrogen) atoms. The number of aliphatic imine (C=N–C) groups is 1. The minimum Gasteiger partial charge on any atom is -0.459 e. The van der Waals surface area contributed by atoms with Crippen LogP contribution in [0.4, 0.5) is 5.69 Å². The summed E-state index contributed by atoms with van der Waals surface area (Å²) >= 11 is 0. The first-order valence-electron chi connectivity index (χ1n) is 10.1. The first kappa shape index (κ1) is 20.9. The van der Waals surface area contributed by atoms with E-state index in [9.17, 15) is 4.79 Å². The lowest BCUT2D eigenvalue weighted by Crippen LogP contribution is -2.46. The zero-order chi connectivity index (χ0) is 20.8. The van der Waals surface area contributed by atoms with Gasteiger partial charge in [0.2, 0.25) is 0 Å². The van der Waals surface area contributed by atoms with Crippen molar-refractivity contribution in [1.29, 1.82) is 0 Å². The van der Waals surface area contributed by atoms with Crippen LogP contribution in [0.25, 0.3) is 0 Å². The summed E-state index contributed by atoms with van der Waals surface area (Å²) in [5, 5.41) is 9.75. The van der Waals surface area contributed by atoms with Crippen molar-refractivity contribution in [2.24, 2.45) is 10.9 Å². The van der Waals surface area contributed by atoms with Crippen LogP contribution in [0.2, 0.25) is 0 Å². The number of furan rings is 1. The summed E-state index contributed by atoms with van der Waals surface area (Å²) in [6.07, 6.45) is 1.48. The molecule has 156 valence electrons. The minimum atomic E-state index is -0.258. The number of hydrogen-bond donors (Lipinski definition) is 3. The third-order valence-corrected chi connectivity index (χ3v) is 5.33. The Hall–Kier alpha value is -2.80. The number of nitrogens with zero attached hydrogens (tertiary/aromatic N) is 2. The number of hydrogen-bond acceptors (Lipinski definition) is 4. The molecule has 3 N–H and O–H groups in total. The largest absolute Gasteiger partial charge is 0.459 e. The van der Waals surface area contributed by atoms with E-state index in [0.29, 0.717) is 30.3 Å². The molecule has 1 aliphatic heterocycles. The van der Waals surface area contributed by atoms with E-state index in [-0.39, 0.29) is 5.91 Å². The van der Waals surface area contributed by atoms with E-state index in [1.165, 1.54) is 6.26 Å². The van der Waals surface area contributed by atoms with Crippen molar-refractivity contribution in [3.05, 3.63) is 54.0 Å². The van der Waals surface area contributed by atoms with Gasteiger partial charge < -0.3 is 20.4 Å². The Kier molecular flexibility index (Phi) is 6.93. The predicted octanol–water partition coefficient (Wildman–Crippen LogP) is 2.93. The summed E-state index contributed by atoms with van der Waals surface area (Å²) in [4.78, 5) is 18.9. The number of amides is 1. The lowest BCUT2D eigenvalue weighted by molar-refractivity contribution is 0.0996. The van der Waals surface area contributed by atoms with E-state index in [0.717, 1.165) is 30.3 Å². The Morgan fingerprint density at radius 3 is 2.59 bits per heavy atom. The van der Waals surface area contributed by atoms with Gasteiger partial charge in [-0.1, -0.05) is 19.1 Å². The van der Waals surface area contributed by atoms with Gasteiger partial charge in [-0.25, -0.2) is 0 Å². The van der Waals surface area contributed by atoms with Gasteiger partial charge in [-0.15, -0.1) is 0 Å². The normalized spacial score (nSPS) is 20.1. The van der Waals surface area contributed by atoms with Crippen LogP contribution in [-0.2, 0) is 6.54 Å². The monoisotopic (exact) mass is 397 g/mol. The maximum absolute atomic E-state index is 12.0. The summed E-state index contributed by atoms with van der Waals surface area (Å²) in [5.74, 6) is 1.42. The highest BCUT2D eigenvalue weighted by atomic mass is 16.3. The van der Waals surface area contributed by atoms with Crippen LogP contribution < -0.4 is 16.0 Å². The van der Waals surface area contributed by atoms with Crippen molar-refractivity contribution in [2.75, 3.05) is 25.5 Å². The molecule has 2 unspecified atom stereocenters. The molecule has 1 aliphatic rings. The number of benzene rings is 1. The maximum atomic E-state index is 12.0. The second-order valence-electron chi connectivity index (χ2n) is 7.83. The van der Waals surface area contributed by atoms with Crippen LogP contribution in [0.1, 0.15) is 36.9 Å². The fourth-order valence-electron chi connectivity index (χ4n) is 3.48. The van der Waals surface area contributed by atoms with E-state index < -0.39 is 0 Å². The van der Waals surface area contributed by atoms with Gasteiger partial charge in [0, 0.05) is 44.5 Å². The van der Waals surface area contributed by atoms with Crippen LogP contribution >= 0.6 is 0 Å². The third kappa shape index (κ3) is 5.60. The summed E-state index contributed by atoms with van der Waals surface area (Å²) < 4.78 is 5.10. The molecule has 0 radical (unpaired) electrons. The molecule has 7 heteroatoms. The molecule has 0 saturated carbocycles. The fourth-order valence-corrected chi connectivity index (χ4v) is 3.48. The molecule has 2 aromatic rings. The molecule has 1 aromatic heterocycles. The zero-order valence-electron chi connectivity index (χ0n) is 17.6. The first-order valence-corrected chi connectivity index (χ1v) is 10.1. The van der Waals surface area contributed by atoms with Gasteiger partial charge in [-0.3, -0.25) is 14.7 Å². The van der Waals surface area contributed by atoms with E-state index in [4.69, 9.17) is 4.42 Å². The molecule has 2 heterocycles. The quantitative estimate of drug-likeness (QED) is 0.516. The molecule has 1 fully saturated rings. The molecule has 0 spiro atoms. The summed E-state index contributed by atoms with van der Waals surface area (Å²) in [6, 6.07) is 12.0. The van der Waals surface area contributed by atoms with E-state index in [1.54, 1.807) is 19.2 Å². The zero-order valence-corrected chi connectivity index (χ0v) is 17.6. The average Bonchev–Trinajstić information content (AvgIpc) is 3.36. The highest BCUT2D eigenvalue weighted by Gasteiger charge is 2.31. The molecule has 3 rings (SSSR count). The van der Waals surface area contributed by atoms with Crippen molar-refractivity contribution in [3.63, 3.8) is 0 Å². The van der Waals surface area contributed by atoms with Crippen LogP contribution in [0.15, 0.2) is 52.1 Å². The Bertz CT molecular complexity index is 814. The predicted molar refractivity (Wildman–Crippen MR) is 116 cm³/mol. The van der Waals surface area contributed by atoms with Crippen LogP contribution in [-0.4, -0.2) is 49.0 Å². The summed E-state index contributed by atoms with van der Waals surface area (Å²) in [6.45, 7) is 9.55. The number of carbonyl (C=O) groups excluding carboxylic acids is 1. The fraction of sp³-hybridized carbons (Fsp3) is 0.455. The van der Waals surface area contributed by atoms with Crippen LogP contribution in [0.3, 0.4) is 0 Å². The highest BCUT2D eigenvalue weighted by molar-refractivity contribution is 6.02. The number of nitrogens with one attached hydrogen (secondary N) is 3. The molecule has 1 aromatic carbocycles. The summed E-state index contributed by atoms with van der Waals surface area (Å²) in [7, 11) is 1.79. The van der Waals surface area contributed by atoms with Crippen molar-refractivity contribution in [1.82, 2.24) is 15.5 Å². The number of rotatable bonds is 6. The van der Waals surface area contributed by atoms with Gasteiger partial charge in [0.1, 0.15) is 0 Å². The highest BCUT2D eigenvalue weighted by Crippen LogP contribution is 2.18. The van der Waals surface area contributed by atoms with Crippen LogP contribution in [0, 0.1) is 5.92 Å². The number of carbonyl (C=O) groups is 1. The van der Waals surface area contributed by atoms with Gasteiger partial charge >= 0.3 is 0 Å². The standard InChI is InChI=1S/C22H31N5O2/c1-15(2)27-13-16(3)19(14-27)26-22(23-4)24-12-17-7-9-18(10-8-17)25-21(28)20-6-5-11-29-20/h5-11,15-16,19H,12-14H2,1-4H3,(H,25,28)(H2,23,24,26). The van der Waals surface area contributed by atoms with Gasteiger partial charge in [-0.2, -0.15) is 0 Å². The molecular weight excluding hydrogens is 366 g/mol. The lowest BCUT2D eigenvalue weighted by atomic mass is 10.1. The van der Waals surface area contributed by atoms with E-state index >= 15 is 0 Å². The number of likely N-dealkylation sites (tertiary alicyclic amines) is 1. The molecule has 0 aliphatic carbocycles. The first-order chi connectivity index (χ1) is 14.0. The summed E-state index contributed by atoms with van der Waals surface area (Å²) in [5.41, 5.74) is 1.83. The smallest absolute Gasteiger partial charge is 0.291 e. The van der Waals surface area contributed by atoms with Crippen LogP contribution in [0.5, 0.6) is 0 Å². The second kappa shape index (κ2) is 9.60. The minimum absolute atomic E-state index is 0.258. The van der Waals surface area contributed by atoms with Gasteiger partial charge in [0.15, 0.2) is 11.7 Å². The molecular formula is C22H31N5O2. The molecule has 1 saturated heterocycles. The average molecular weight is 398 g/mol. The number of guanidine groups is 1. The maximum Gasteiger partial charge on any atom is 0.291 e. The van der Waals surface area contributed by atoms with Crippen molar-refractivity contribution >= 4 is 17.6 Å². The lowest BCUT2D eigenvalue weighted by Gasteiger charge is -2.22. The van der Waals surface area contributed by atoms with E-state index in [1.807, 2.05) is 24.3 Å². The number of anilines is 1. The topological polar surface area (TPSA) is 81.9 Å². The molecule has 1 amide bonds. The van der Waals surface area contributed by atoms with Gasteiger partial charge in [-0.05, 0) is 49.6 Å². The van der Waals surface area contributed by atoms with Crippen molar-refractivity contribution in [3.8, 4) is 0 Å². The van der Waals surface area contributed by atoms with E-state index in [2.05, 4.69) is 46.6 Å². The third-order valence-electron chi connectivity index (χ3n) is 5.33. The Morgan fingerprint density at radius 2 is 2.00 bits per heavy atom. The van der Waals surface area contributed by atoms with Crippen molar-refractivity contribution in [2.45, 2.75) is 39.4 Å². The molecule has 0 bridgehead atoms. The Labute approximate surface area is 172 Å². The SMILES string of the molecule is CN=C(NCc1ccc(NC(=O)c2ccco2)cc1)NC1CN(C(C)C)CC1C.